The summed E-state index contributed by atoms with van der Waals surface area (Å²) >= 11 is 0. The van der Waals surface area contributed by atoms with E-state index in [1.165, 1.54) is 27.8 Å². The second-order valence-electron chi connectivity index (χ2n) is 7.22. The average molecular weight is 292 g/mol. The van der Waals surface area contributed by atoms with E-state index in [2.05, 4.69) is 82.6 Å². The minimum atomic E-state index is 0.179. The van der Waals surface area contributed by atoms with Gasteiger partial charge in [0.05, 0.1) is 11.0 Å². The predicted octanol–water partition coefficient (Wildman–Crippen LogP) is 5.15. The first kappa shape index (κ1) is 14.8. The fourth-order valence-corrected chi connectivity index (χ4v) is 3.01. The van der Waals surface area contributed by atoms with Crippen molar-refractivity contribution in [1.82, 2.24) is 9.55 Å². The molecule has 0 aliphatic rings. The minimum Gasteiger partial charge on any atom is -0.327 e. The van der Waals surface area contributed by atoms with Crippen molar-refractivity contribution in [1.29, 1.82) is 0 Å². The Labute approximate surface area is 132 Å². The van der Waals surface area contributed by atoms with E-state index in [1.807, 2.05) is 0 Å². The molecule has 1 aromatic heterocycles. The zero-order valence-electron chi connectivity index (χ0n) is 14.4. The van der Waals surface area contributed by atoms with Crippen molar-refractivity contribution >= 4 is 11.0 Å². The van der Waals surface area contributed by atoms with Crippen LogP contribution in [0.2, 0.25) is 0 Å². The van der Waals surface area contributed by atoms with E-state index in [9.17, 15) is 0 Å². The summed E-state index contributed by atoms with van der Waals surface area (Å²) < 4.78 is 2.21. The molecule has 3 aromatic rings. The number of imidazole rings is 1. The Morgan fingerprint density at radius 3 is 2.00 bits per heavy atom. The fourth-order valence-electron chi connectivity index (χ4n) is 3.01. The second-order valence-corrected chi connectivity index (χ2v) is 7.22. The molecule has 0 saturated carbocycles. The molecule has 3 rings (SSSR count). The number of hydrogen-bond donors (Lipinski definition) is 0. The molecule has 2 aromatic carbocycles. The Hall–Kier alpha value is -2.09. The third-order valence-electron chi connectivity index (χ3n) is 4.43. The van der Waals surface area contributed by atoms with Crippen LogP contribution >= 0.6 is 0 Å². The van der Waals surface area contributed by atoms with Gasteiger partial charge in [-0.05, 0) is 36.0 Å². The molecule has 0 saturated heterocycles. The molecular weight excluding hydrogens is 268 g/mol. The molecule has 0 bridgehead atoms. The van der Waals surface area contributed by atoms with Crippen molar-refractivity contribution in [3.8, 4) is 11.4 Å². The number of hydrogen-bond acceptors (Lipinski definition) is 1. The summed E-state index contributed by atoms with van der Waals surface area (Å²) in [4.78, 5) is 4.90. The van der Waals surface area contributed by atoms with Crippen LogP contribution in [0.15, 0.2) is 36.4 Å². The summed E-state index contributed by atoms with van der Waals surface area (Å²) in [5, 5.41) is 0. The summed E-state index contributed by atoms with van der Waals surface area (Å²) in [6, 6.07) is 13.1. The Kier molecular flexibility index (Phi) is 3.36. The number of aromatic nitrogens is 2. The van der Waals surface area contributed by atoms with Gasteiger partial charge in [0.25, 0.3) is 0 Å². The molecular formula is C20H24N2. The minimum absolute atomic E-state index is 0.179. The SMILES string of the molecule is Cc1ccc(C)c2c1nc(-c1ccc(C(C)(C)C)cc1)n2C. The van der Waals surface area contributed by atoms with Gasteiger partial charge in [-0.15, -0.1) is 0 Å². The summed E-state index contributed by atoms with van der Waals surface area (Å²) in [7, 11) is 2.11. The van der Waals surface area contributed by atoms with Crippen molar-refractivity contribution in [2.75, 3.05) is 0 Å². The van der Waals surface area contributed by atoms with E-state index in [1.54, 1.807) is 0 Å². The highest BCUT2D eigenvalue weighted by molar-refractivity contribution is 5.86. The van der Waals surface area contributed by atoms with Gasteiger partial charge in [-0.1, -0.05) is 57.2 Å². The Morgan fingerprint density at radius 2 is 1.45 bits per heavy atom. The average Bonchev–Trinajstić information content (AvgIpc) is 2.81. The molecule has 0 atom stereocenters. The maximum absolute atomic E-state index is 4.90. The first-order valence-electron chi connectivity index (χ1n) is 7.82. The molecule has 0 amide bonds. The molecule has 2 nitrogen and oxygen atoms in total. The molecule has 0 fully saturated rings. The Balaban J connectivity index is 2.17. The molecule has 0 spiro atoms. The lowest BCUT2D eigenvalue weighted by atomic mass is 9.87. The van der Waals surface area contributed by atoms with E-state index >= 15 is 0 Å². The largest absolute Gasteiger partial charge is 0.327 e. The van der Waals surface area contributed by atoms with Gasteiger partial charge in [0, 0.05) is 12.6 Å². The van der Waals surface area contributed by atoms with Gasteiger partial charge >= 0.3 is 0 Å². The Bertz CT molecular complexity index is 831. The van der Waals surface area contributed by atoms with Crippen LogP contribution in [-0.2, 0) is 12.5 Å². The molecule has 0 N–H and O–H groups in total. The number of rotatable bonds is 1. The fraction of sp³-hybridized carbons (Fsp3) is 0.350. The summed E-state index contributed by atoms with van der Waals surface area (Å²) in [5.41, 5.74) is 7.54. The highest BCUT2D eigenvalue weighted by atomic mass is 15.1. The van der Waals surface area contributed by atoms with Crippen LogP contribution < -0.4 is 0 Å². The zero-order chi connectivity index (χ0) is 16.1. The summed E-state index contributed by atoms with van der Waals surface area (Å²) in [6.45, 7) is 11.0. The third kappa shape index (κ3) is 2.33. The van der Waals surface area contributed by atoms with Crippen LogP contribution in [0.25, 0.3) is 22.4 Å². The molecule has 0 unspecified atom stereocenters. The van der Waals surface area contributed by atoms with Crippen molar-refractivity contribution in [2.24, 2.45) is 7.05 Å². The zero-order valence-corrected chi connectivity index (χ0v) is 14.4. The first-order valence-corrected chi connectivity index (χ1v) is 7.82. The van der Waals surface area contributed by atoms with Crippen LogP contribution in [0.5, 0.6) is 0 Å². The molecule has 2 heteroatoms. The van der Waals surface area contributed by atoms with E-state index < -0.39 is 0 Å². The van der Waals surface area contributed by atoms with Gasteiger partial charge in [-0.2, -0.15) is 0 Å². The standard InChI is InChI=1S/C20H24N2/c1-13-7-8-14(2)18-17(13)21-19(22(18)6)15-9-11-16(12-10-15)20(3,4)5/h7-12H,1-6H3. The van der Waals surface area contributed by atoms with Crippen molar-refractivity contribution in [3.05, 3.63) is 53.1 Å². The van der Waals surface area contributed by atoms with E-state index in [0.717, 1.165) is 11.3 Å². The molecule has 22 heavy (non-hydrogen) atoms. The van der Waals surface area contributed by atoms with Crippen molar-refractivity contribution in [2.45, 2.75) is 40.0 Å². The van der Waals surface area contributed by atoms with Gasteiger partial charge in [0.1, 0.15) is 5.82 Å². The quantitative estimate of drug-likeness (QED) is 0.606. The summed E-state index contributed by atoms with van der Waals surface area (Å²) in [5.74, 6) is 1.04. The van der Waals surface area contributed by atoms with Crippen LogP contribution in [-0.4, -0.2) is 9.55 Å². The third-order valence-corrected chi connectivity index (χ3v) is 4.43. The van der Waals surface area contributed by atoms with Crippen molar-refractivity contribution < 1.29 is 0 Å². The van der Waals surface area contributed by atoms with E-state index in [0.29, 0.717) is 0 Å². The summed E-state index contributed by atoms with van der Waals surface area (Å²) in [6.07, 6.45) is 0. The molecule has 114 valence electrons. The lowest BCUT2D eigenvalue weighted by Crippen LogP contribution is -2.10. The van der Waals surface area contributed by atoms with Crippen LogP contribution in [0.3, 0.4) is 0 Å². The van der Waals surface area contributed by atoms with Gasteiger partial charge in [-0.25, -0.2) is 4.98 Å². The van der Waals surface area contributed by atoms with Crippen LogP contribution in [0, 0.1) is 13.8 Å². The predicted molar refractivity (Wildman–Crippen MR) is 94.3 cm³/mol. The normalized spacial score (nSPS) is 12.1. The number of nitrogens with zero attached hydrogens (tertiary/aromatic N) is 2. The maximum Gasteiger partial charge on any atom is 0.140 e. The van der Waals surface area contributed by atoms with Crippen molar-refractivity contribution in [3.63, 3.8) is 0 Å². The van der Waals surface area contributed by atoms with Gasteiger partial charge in [-0.3, -0.25) is 0 Å². The molecule has 0 aliphatic carbocycles. The topological polar surface area (TPSA) is 17.8 Å². The highest BCUT2D eigenvalue weighted by Gasteiger charge is 2.16. The van der Waals surface area contributed by atoms with Gasteiger partial charge < -0.3 is 4.57 Å². The number of fused-ring (bicyclic) bond motifs is 1. The highest BCUT2D eigenvalue weighted by Crippen LogP contribution is 2.29. The molecule has 0 radical (unpaired) electrons. The monoisotopic (exact) mass is 292 g/mol. The van der Waals surface area contributed by atoms with E-state index in [4.69, 9.17) is 4.98 Å². The lowest BCUT2D eigenvalue weighted by molar-refractivity contribution is 0.590. The maximum atomic E-state index is 4.90. The van der Waals surface area contributed by atoms with Crippen LogP contribution in [0.1, 0.15) is 37.5 Å². The molecule has 1 heterocycles. The van der Waals surface area contributed by atoms with Crippen LogP contribution in [0.4, 0.5) is 0 Å². The van der Waals surface area contributed by atoms with Gasteiger partial charge in [0.15, 0.2) is 0 Å². The smallest absolute Gasteiger partial charge is 0.140 e. The van der Waals surface area contributed by atoms with Gasteiger partial charge in [0.2, 0.25) is 0 Å². The molecule has 0 aliphatic heterocycles. The lowest BCUT2D eigenvalue weighted by Gasteiger charge is -2.19. The number of benzene rings is 2. The first-order chi connectivity index (χ1) is 10.3. The number of aryl methyl sites for hydroxylation is 3. The second kappa shape index (κ2) is 4.98. The van der Waals surface area contributed by atoms with E-state index in [-0.39, 0.29) is 5.41 Å². The Morgan fingerprint density at radius 1 is 0.864 bits per heavy atom.